The number of nitrogens with zero attached hydrogens (tertiary/aromatic N) is 1. The van der Waals surface area contributed by atoms with Crippen molar-refractivity contribution in [1.29, 1.82) is 0 Å². The maximum absolute atomic E-state index is 11.9. The number of rotatable bonds is 3. The fourth-order valence-corrected chi connectivity index (χ4v) is 1.97. The zero-order valence-electron chi connectivity index (χ0n) is 10.3. The van der Waals surface area contributed by atoms with Gasteiger partial charge in [-0.25, -0.2) is 0 Å². The average Bonchev–Trinajstić information content (AvgIpc) is 2.38. The van der Waals surface area contributed by atoms with E-state index >= 15 is 0 Å². The molecule has 0 N–H and O–H groups in total. The molecule has 0 bridgehead atoms. The lowest BCUT2D eigenvalue weighted by Crippen LogP contribution is -2.46. The second-order valence-corrected chi connectivity index (χ2v) is 4.59. The van der Waals surface area contributed by atoms with Crippen LogP contribution in [0.3, 0.4) is 0 Å². The van der Waals surface area contributed by atoms with Gasteiger partial charge in [-0.1, -0.05) is 11.6 Å². The molecule has 98 valence electrons. The van der Waals surface area contributed by atoms with Gasteiger partial charge in [-0.05, 0) is 37.6 Å². The summed E-state index contributed by atoms with van der Waals surface area (Å²) in [5.74, 6) is 0.579. The molecular weight excluding hydrogens is 254 g/mol. The van der Waals surface area contributed by atoms with Crippen molar-refractivity contribution in [2.45, 2.75) is 19.6 Å². The van der Waals surface area contributed by atoms with Gasteiger partial charge in [0.2, 0.25) is 0 Å². The summed E-state index contributed by atoms with van der Waals surface area (Å²) in [6.07, 6.45) is 0.705. The minimum absolute atomic E-state index is 0.0231. The molecule has 1 atom stereocenters. The third-order valence-electron chi connectivity index (χ3n) is 2.84. The minimum atomic E-state index is -0.167. The Kier molecular flexibility index (Phi) is 4.44. The highest BCUT2D eigenvalue weighted by molar-refractivity contribution is 6.30. The Morgan fingerprint density at radius 2 is 2.22 bits per heavy atom. The lowest BCUT2D eigenvalue weighted by molar-refractivity contribution is -0.154. The smallest absolute Gasteiger partial charge is 0.262 e. The van der Waals surface area contributed by atoms with Crippen LogP contribution < -0.4 is 4.74 Å². The Morgan fingerprint density at radius 3 is 2.89 bits per heavy atom. The normalized spacial score (nSPS) is 19.7. The third kappa shape index (κ3) is 3.37. The highest BCUT2D eigenvalue weighted by Crippen LogP contribution is 2.16. The van der Waals surface area contributed by atoms with Gasteiger partial charge in [0.05, 0.1) is 6.61 Å². The number of benzene rings is 1. The molecule has 0 spiro atoms. The van der Waals surface area contributed by atoms with Gasteiger partial charge in [0, 0.05) is 11.6 Å². The zero-order valence-corrected chi connectivity index (χ0v) is 11.0. The number of hydrogen-bond acceptors (Lipinski definition) is 3. The van der Waals surface area contributed by atoms with Gasteiger partial charge in [0.25, 0.3) is 5.91 Å². The van der Waals surface area contributed by atoms with Crippen molar-refractivity contribution in [1.82, 2.24) is 4.90 Å². The van der Waals surface area contributed by atoms with Gasteiger partial charge in [0.15, 0.2) is 6.61 Å². The number of hydrogen-bond donors (Lipinski definition) is 0. The summed E-state index contributed by atoms with van der Waals surface area (Å²) in [6, 6.07) is 6.94. The molecule has 1 unspecified atom stereocenters. The largest absolute Gasteiger partial charge is 0.484 e. The van der Waals surface area contributed by atoms with Crippen molar-refractivity contribution in [2.24, 2.45) is 0 Å². The first-order chi connectivity index (χ1) is 8.66. The first kappa shape index (κ1) is 13.2. The first-order valence-corrected chi connectivity index (χ1v) is 6.34. The van der Waals surface area contributed by atoms with E-state index in [-0.39, 0.29) is 18.7 Å². The van der Waals surface area contributed by atoms with Crippen LogP contribution in [0.25, 0.3) is 0 Å². The van der Waals surface area contributed by atoms with Gasteiger partial charge in [-0.3, -0.25) is 4.79 Å². The summed E-state index contributed by atoms with van der Waals surface area (Å²) < 4.78 is 10.8. The number of ether oxygens (including phenoxy) is 2. The summed E-state index contributed by atoms with van der Waals surface area (Å²) in [5, 5.41) is 0.645. The summed E-state index contributed by atoms with van der Waals surface area (Å²) in [4.78, 5) is 13.6. The van der Waals surface area contributed by atoms with Crippen molar-refractivity contribution in [2.75, 3.05) is 19.8 Å². The second kappa shape index (κ2) is 6.07. The van der Waals surface area contributed by atoms with Crippen molar-refractivity contribution in [3.05, 3.63) is 29.3 Å². The molecule has 1 heterocycles. The van der Waals surface area contributed by atoms with Gasteiger partial charge in [-0.15, -0.1) is 0 Å². The van der Waals surface area contributed by atoms with Crippen LogP contribution in [0.2, 0.25) is 5.02 Å². The Hall–Kier alpha value is -1.26. The quantitative estimate of drug-likeness (QED) is 0.845. The van der Waals surface area contributed by atoms with Crippen LogP contribution >= 0.6 is 11.6 Å². The van der Waals surface area contributed by atoms with Crippen molar-refractivity contribution in [3.8, 4) is 5.75 Å². The molecule has 0 saturated carbocycles. The molecule has 0 radical (unpaired) electrons. The summed E-state index contributed by atoms with van der Waals surface area (Å²) >= 11 is 5.77. The van der Waals surface area contributed by atoms with Crippen LogP contribution in [0, 0.1) is 0 Å². The number of amides is 1. The first-order valence-electron chi connectivity index (χ1n) is 5.96. The molecule has 5 heteroatoms. The van der Waals surface area contributed by atoms with E-state index in [1.54, 1.807) is 29.2 Å². The second-order valence-electron chi connectivity index (χ2n) is 4.15. The van der Waals surface area contributed by atoms with E-state index < -0.39 is 0 Å². The van der Waals surface area contributed by atoms with E-state index in [2.05, 4.69) is 0 Å². The number of carbonyl (C=O) groups is 1. The monoisotopic (exact) mass is 269 g/mol. The van der Waals surface area contributed by atoms with E-state index in [1.807, 2.05) is 6.92 Å². The molecule has 4 nitrogen and oxygen atoms in total. The lowest BCUT2D eigenvalue weighted by atomic mass is 10.3. The lowest BCUT2D eigenvalue weighted by Gasteiger charge is -2.33. The Labute approximate surface area is 111 Å². The predicted molar refractivity (Wildman–Crippen MR) is 68.7 cm³/mol. The molecule has 2 rings (SSSR count). The van der Waals surface area contributed by atoms with E-state index in [4.69, 9.17) is 21.1 Å². The molecule has 1 fully saturated rings. The molecule has 1 aliphatic rings. The minimum Gasteiger partial charge on any atom is -0.484 e. The standard InChI is InChI=1S/C13H16ClNO3/c1-10-15(7-2-8-17-10)13(16)9-18-12-5-3-11(14)4-6-12/h3-6,10H,2,7-9H2,1H3. The molecule has 18 heavy (non-hydrogen) atoms. The summed E-state index contributed by atoms with van der Waals surface area (Å²) in [6.45, 7) is 3.33. The molecule has 1 aliphatic heterocycles. The van der Waals surface area contributed by atoms with E-state index in [9.17, 15) is 4.79 Å². The molecular formula is C13H16ClNO3. The summed E-state index contributed by atoms with van der Waals surface area (Å²) in [5.41, 5.74) is 0. The van der Waals surface area contributed by atoms with E-state index in [0.717, 1.165) is 13.0 Å². The maximum atomic E-state index is 11.9. The van der Waals surface area contributed by atoms with Crippen LogP contribution in [0.4, 0.5) is 0 Å². The van der Waals surface area contributed by atoms with E-state index in [0.29, 0.717) is 17.4 Å². The molecule has 1 aromatic rings. The maximum Gasteiger partial charge on any atom is 0.262 e. The Balaban J connectivity index is 1.85. The van der Waals surface area contributed by atoms with Crippen molar-refractivity contribution < 1.29 is 14.3 Å². The SMILES string of the molecule is CC1OCCCN1C(=O)COc1ccc(Cl)cc1. The molecule has 1 amide bonds. The van der Waals surface area contributed by atoms with Crippen molar-refractivity contribution in [3.63, 3.8) is 0 Å². The highest BCUT2D eigenvalue weighted by Gasteiger charge is 2.23. The highest BCUT2D eigenvalue weighted by atomic mass is 35.5. The topological polar surface area (TPSA) is 38.8 Å². The van der Waals surface area contributed by atoms with E-state index in [1.165, 1.54) is 0 Å². The fraction of sp³-hybridized carbons (Fsp3) is 0.462. The predicted octanol–water partition coefficient (Wildman–Crippen LogP) is 2.31. The molecule has 1 saturated heterocycles. The van der Waals surface area contributed by atoms with Crippen LogP contribution in [0.5, 0.6) is 5.75 Å². The fourth-order valence-electron chi connectivity index (χ4n) is 1.85. The number of halogens is 1. The van der Waals surface area contributed by atoms with Crippen LogP contribution in [0.1, 0.15) is 13.3 Å². The third-order valence-corrected chi connectivity index (χ3v) is 3.09. The summed E-state index contributed by atoms with van der Waals surface area (Å²) in [7, 11) is 0. The molecule has 0 aromatic heterocycles. The van der Waals surface area contributed by atoms with Crippen LogP contribution in [0.15, 0.2) is 24.3 Å². The van der Waals surface area contributed by atoms with Crippen LogP contribution in [-0.4, -0.2) is 36.8 Å². The van der Waals surface area contributed by atoms with Gasteiger partial charge in [-0.2, -0.15) is 0 Å². The molecule has 0 aliphatic carbocycles. The van der Waals surface area contributed by atoms with Gasteiger partial charge < -0.3 is 14.4 Å². The zero-order chi connectivity index (χ0) is 13.0. The van der Waals surface area contributed by atoms with Crippen molar-refractivity contribution >= 4 is 17.5 Å². The van der Waals surface area contributed by atoms with Crippen LogP contribution in [-0.2, 0) is 9.53 Å². The molecule has 1 aromatic carbocycles. The van der Waals surface area contributed by atoms with Gasteiger partial charge in [0.1, 0.15) is 12.0 Å². The Morgan fingerprint density at radius 1 is 1.50 bits per heavy atom. The van der Waals surface area contributed by atoms with Gasteiger partial charge >= 0.3 is 0 Å². The number of carbonyl (C=O) groups excluding carboxylic acids is 1. The Bertz CT molecular complexity index is 407. The average molecular weight is 270 g/mol.